The lowest BCUT2D eigenvalue weighted by Crippen LogP contribution is -2.09. The maximum atomic E-state index is 12.3. The first-order valence-electron chi connectivity index (χ1n) is 3.85. The largest absolute Gasteiger partial charge is 0.463 e. The summed E-state index contributed by atoms with van der Waals surface area (Å²) in [7, 11) is 0. The molecule has 0 unspecified atom stereocenters. The van der Waals surface area contributed by atoms with Crippen LogP contribution in [-0.4, -0.2) is 6.18 Å². The molecule has 0 radical (unpaired) electrons. The summed E-state index contributed by atoms with van der Waals surface area (Å²) in [6.07, 6.45) is -1.89. The highest BCUT2D eigenvalue weighted by atomic mass is 19.4. The van der Waals surface area contributed by atoms with Crippen LogP contribution in [0.3, 0.4) is 0 Å². The topological polar surface area (TPSA) is 13.1 Å². The van der Waals surface area contributed by atoms with Crippen LogP contribution in [0.2, 0.25) is 0 Å². The van der Waals surface area contributed by atoms with Gasteiger partial charge in [0.15, 0.2) is 0 Å². The van der Waals surface area contributed by atoms with E-state index in [1.165, 1.54) is 12.3 Å². The average Bonchev–Trinajstić information content (AvgIpc) is 2.43. The molecule has 1 rings (SSSR count). The molecule has 0 saturated heterocycles. The van der Waals surface area contributed by atoms with Gasteiger partial charge in [-0.2, -0.15) is 13.2 Å². The van der Waals surface area contributed by atoms with Crippen molar-refractivity contribution < 1.29 is 17.6 Å². The molecule has 1 nitrogen and oxygen atoms in total. The second-order valence-electron chi connectivity index (χ2n) is 2.84. The van der Waals surface area contributed by atoms with Crippen LogP contribution in [0.1, 0.15) is 16.9 Å². The summed E-state index contributed by atoms with van der Waals surface area (Å²) in [5, 5.41) is 0. The Bertz CT molecular complexity index is 371. The molecule has 0 aliphatic carbocycles. The number of hydrogen-bond acceptors (Lipinski definition) is 1. The lowest BCUT2D eigenvalue weighted by molar-refractivity contribution is -0.0697. The van der Waals surface area contributed by atoms with E-state index in [4.69, 9.17) is 4.42 Å². The van der Waals surface area contributed by atoms with E-state index in [9.17, 15) is 13.2 Å². The molecule has 0 fully saturated rings. The van der Waals surface area contributed by atoms with Crippen LogP contribution in [0.5, 0.6) is 0 Å². The summed E-state index contributed by atoms with van der Waals surface area (Å²) >= 11 is 0. The fourth-order valence-electron chi connectivity index (χ4n) is 1.07. The molecule has 0 bridgehead atoms. The molecule has 0 atom stereocenters. The molecule has 0 aromatic carbocycles. The summed E-state index contributed by atoms with van der Waals surface area (Å²) in [6.45, 7) is 8.02. The van der Waals surface area contributed by atoms with Gasteiger partial charge in [-0.25, -0.2) is 0 Å². The number of halogens is 3. The third kappa shape index (κ3) is 1.73. The standard InChI is InChI=1S/C10H9F3O/c1-4-8-6(2)5-14-9(8)7(3)10(11,12)13/h4-5H,1,3H2,2H3. The highest BCUT2D eigenvalue weighted by Gasteiger charge is 2.36. The van der Waals surface area contributed by atoms with Gasteiger partial charge in [0.1, 0.15) is 5.76 Å². The van der Waals surface area contributed by atoms with E-state index in [2.05, 4.69) is 13.2 Å². The van der Waals surface area contributed by atoms with Crippen LogP contribution in [-0.2, 0) is 0 Å². The van der Waals surface area contributed by atoms with Crippen LogP contribution in [0.15, 0.2) is 23.8 Å². The van der Waals surface area contributed by atoms with Crippen molar-refractivity contribution in [3.8, 4) is 0 Å². The Morgan fingerprint density at radius 1 is 1.50 bits per heavy atom. The third-order valence-corrected chi connectivity index (χ3v) is 1.84. The fraction of sp³-hybridized carbons (Fsp3) is 0.200. The molecular weight excluding hydrogens is 193 g/mol. The van der Waals surface area contributed by atoms with Crippen LogP contribution in [0.4, 0.5) is 13.2 Å². The molecule has 0 aliphatic rings. The highest BCUT2D eigenvalue weighted by molar-refractivity contribution is 5.73. The van der Waals surface area contributed by atoms with Crippen molar-refractivity contribution in [2.75, 3.05) is 0 Å². The Kier molecular flexibility index (Phi) is 2.55. The van der Waals surface area contributed by atoms with Gasteiger partial charge in [-0.3, -0.25) is 0 Å². The Morgan fingerprint density at radius 3 is 2.50 bits per heavy atom. The number of furan rings is 1. The normalized spacial score (nSPS) is 11.4. The Hall–Kier alpha value is -1.45. The van der Waals surface area contributed by atoms with Gasteiger partial charge in [0.25, 0.3) is 0 Å². The Balaban J connectivity index is 3.20. The molecule has 1 aromatic heterocycles. The molecular formula is C10H9F3O. The van der Waals surface area contributed by atoms with E-state index in [1.54, 1.807) is 6.92 Å². The minimum Gasteiger partial charge on any atom is -0.463 e. The second kappa shape index (κ2) is 3.36. The van der Waals surface area contributed by atoms with E-state index in [0.717, 1.165) is 0 Å². The molecule has 0 aliphatic heterocycles. The molecule has 1 heterocycles. The van der Waals surface area contributed by atoms with Gasteiger partial charge in [-0.1, -0.05) is 19.2 Å². The van der Waals surface area contributed by atoms with Gasteiger partial charge >= 0.3 is 6.18 Å². The third-order valence-electron chi connectivity index (χ3n) is 1.84. The fourth-order valence-corrected chi connectivity index (χ4v) is 1.07. The zero-order valence-electron chi connectivity index (χ0n) is 7.61. The molecule has 0 spiro atoms. The first-order valence-corrected chi connectivity index (χ1v) is 3.85. The van der Waals surface area contributed by atoms with E-state index < -0.39 is 11.7 Å². The van der Waals surface area contributed by atoms with Crippen LogP contribution in [0.25, 0.3) is 11.6 Å². The summed E-state index contributed by atoms with van der Waals surface area (Å²) in [4.78, 5) is 0. The lowest BCUT2D eigenvalue weighted by atomic mass is 10.1. The van der Waals surface area contributed by atoms with Gasteiger partial charge < -0.3 is 4.42 Å². The van der Waals surface area contributed by atoms with Crippen LogP contribution >= 0.6 is 0 Å². The van der Waals surface area contributed by atoms with Crippen molar-refractivity contribution in [3.63, 3.8) is 0 Å². The first kappa shape index (κ1) is 10.6. The minimum absolute atomic E-state index is 0.259. The van der Waals surface area contributed by atoms with Gasteiger partial charge in [0.05, 0.1) is 11.8 Å². The van der Waals surface area contributed by atoms with E-state index >= 15 is 0 Å². The molecule has 1 aromatic rings. The number of allylic oxidation sites excluding steroid dienone is 1. The molecule has 0 N–H and O–H groups in total. The summed E-state index contributed by atoms with van der Waals surface area (Å²) in [6, 6.07) is 0. The Morgan fingerprint density at radius 2 is 2.07 bits per heavy atom. The van der Waals surface area contributed by atoms with Crippen molar-refractivity contribution in [2.45, 2.75) is 13.1 Å². The smallest absolute Gasteiger partial charge is 0.419 e. The van der Waals surface area contributed by atoms with Crippen LogP contribution in [0, 0.1) is 6.92 Å². The molecule has 76 valence electrons. The van der Waals surface area contributed by atoms with E-state index in [-0.39, 0.29) is 5.76 Å². The van der Waals surface area contributed by atoms with Crippen LogP contribution < -0.4 is 0 Å². The van der Waals surface area contributed by atoms with Crippen molar-refractivity contribution in [1.82, 2.24) is 0 Å². The predicted octanol–water partition coefficient (Wildman–Crippen LogP) is 3.81. The van der Waals surface area contributed by atoms with Gasteiger partial charge in [0, 0.05) is 5.56 Å². The quantitative estimate of drug-likeness (QED) is 0.710. The van der Waals surface area contributed by atoms with Crippen molar-refractivity contribution in [1.29, 1.82) is 0 Å². The second-order valence-corrected chi connectivity index (χ2v) is 2.84. The van der Waals surface area contributed by atoms with Gasteiger partial charge in [0.2, 0.25) is 0 Å². The highest BCUT2D eigenvalue weighted by Crippen LogP contribution is 2.35. The minimum atomic E-state index is -4.47. The average molecular weight is 202 g/mol. The number of hydrogen-bond donors (Lipinski definition) is 0. The SMILES string of the molecule is C=Cc1c(C)coc1C(=C)C(F)(F)F. The maximum Gasteiger partial charge on any atom is 0.419 e. The number of aryl methyl sites for hydroxylation is 1. The zero-order chi connectivity index (χ0) is 10.9. The summed E-state index contributed by atoms with van der Waals surface area (Å²) < 4.78 is 41.6. The van der Waals surface area contributed by atoms with Crippen molar-refractivity contribution in [3.05, 3.63) is 36.3 Å². The van der Waals surface area contributed by atoms with Crippen molar-refractivity contribution >= 4 is 11.6 Å². The van der Waals surface area contributed by atoms with Gasteiger partial charge in [-0.15, -0.1) is 0 Å². The molecule has 0 amide bonds. The monoisotopic (exact) mass is 202 g/mol. The predicted molar refractivity (Wildman–Crippen MR) is 48.6 cm³/mol. The Labute approximate surface area is 79.5 Å². The number of alkyl halides is 3. The number of rotatable bonds is 2. The maximum absolute atomic E-state index is 12.3. The lowest BCUT2D eigenvalue weighted by Gasteiger charge is -2.07. The zero-order valence-corrected chi connectivity index (χ0v) is 7.61. The first-order chi connectivity index (χ1) is 6.38. The van der Waals surface area contributed by atoms with E-state index in [0.29, 0.717) is 11.1 Å². The summed E-state index contributed by atoms with van der Waals surface area (Å²) in [5.74, 6) is -0.259. The molecule has 4 heteroatoms. The molecule has 14 heavy (non-hydrogen) atoms. The summed E-state index contributed by atoms with van der Waals surface area (Å²) in [5.41, 5.74) is -0.0341. The van der Waals surface area contributed by atoms with Crippen molar-refractivity contribution in [2.24, 2.45) is 0 Å². The van der Waals surface area contributed by atoms with Gasteiger partial charge in [-0.05, 0) is 12.5 Å². The van der Waals surface area contributed by atoms with E-state index in [1.807, 2.05) is 0 Å². The molecule has 0 saturated carbocycles.